The van der Waals surface area contributed by atoms with Gasteiger partial charge in [-0.1, -0.05) is 0 Å². The summed E-state index contributed by atoms with van der Waals surface area (Å²) in [5.41, 5.74) is 0.524. The number of aromatic amines is 1. The molecule has 1 aliphatic rings. The SMILES string of the molecule is O=NN1CCc2c(c(C(=O)O)c[nH]c2=O)C1. The quantitative estimate of drug-likeness (QED) is 0.693. The van der Waals surface area contributed by atoms with Crippen LogP contribution >= 0.6 is 0 Å². The first kappa shape index (κ1) is 10.3. The maximum Gasteiger partial charge on any atom is 0.337 e. The van der Waals surface area contributed by atoms with Crippen molar-refractivity contribution in [2.45, 2.75) is 13.0 Å². The van der Waals surface area contributed by atoms with E-state index in [0.29, 0.717) is 24.1 Å². The molecule has 2 N–H and O–H groups in total. The van der Waals surface area contributed by atoms with Crippen molar-refractivity contribution in [1.82, 2.24) is 9.99 Å². The number of nitrogens with zero attached hydrogens (tertiary/aromatic N) is 2. The second kappa shape index (κ2) is 3.76. The van der Waals surface area contributed by atoms with E-state index in [4.69, 9.17) is 5.11 Å². The molecule has 2 heterocycles. The van der Waals surface area contributed by atoms with Gasteiger partial charge in [0.25, 0.3) is 5.56 Å². The summed E-state index contributed by atoms with van der Waals surface area (Å²) >= 11 is 0. The van der Waals surface area contributed by atoms with Gasteiger partial charge in [0.05, 0.1) is 17.4 Å². The van der Waals surface area contributed by atoms with Crippen LogP contribution in [0.15, 0.2) is 16.3 Å². The molecule has 0 saturated heterocycles. The average Bonchev–Trinajstić information content (AvgIpc) is 2.28. The topological polar surface area (TPSA) is 103 Å². The number of carboxylic acids is 1. The third kappa shape index (κ3) is 1.56. The van der Waals surface area contributed by atoms with Gasteiger partial charge >= 0.3 is 5.97 Å². The molecule has 0 amide bonds. The van der Waals surface area contributed by atoms with E-state index >= 15 is 0 Å². The minimum absolute atomic E-state index is 0.0166. The standard InChI is InChI=1S/C9H9N3O4/c13-8-5-1-2-12(11-16)4-7(5)6(3-10-8)9(14)15/h3H,1-2,4H2,(H,10,13)(H,14,15). The van der Waals surface area contributed by atoms with E-state index in [2.05, 4.69) is 10.3 Å². The number of carboxylic acid groups (broad SMARTS) is 1. The lowest BCUT2D eigenvalue weighted by molar-refractivity contribution is 0.0693. The van der Waals surface area contributed by atoms with Crippen LogP contribution in [0.2, 0.25) is 0 Å². The van der Waals surface area contributed by atoms with E-state index in [1.807, 2.05) is 0 Å². The Balaban J connectivity index is 2.57. The van der Waals surface area contributed by atoms with E-state index in [0.717, 1.165) is 6.20 Å². The van der Waals surface area contributed by atoms with E-state index in [9.17, 15) is 14.5 Å². The van der Waals surface area contributed by atoms with Crippen LogP contribution in [0.5, 0.6) is 0 Å². The number of hydrogen-bond acceptors (Lipinski definition) is 4. The highest BCUT2D eigenvalue weighted by Crippen LogP contribution is 2.19. The van der Waals surface area contributed by atoms with Gasteiger partial charge in [-0.15, -0.1) is 4.91 Å². The predicted molar refractivity (Wildman–Crippen MR) is 53.9 cm³/mol. The average molecular weight is 223 g/mol. The number of aromatic carboxylic acids is 1. The van der Waals surface area contributed by atoms with Crippen LogP contribution in [0.4, 0.5) is 0 Å². The van der Waals surface area contributed by atoms with E-state index in [1.165, 1.54) is 5.01 Å². The molecule has 1 aromatic heterocycles. The van der Waals surface area contributed by atoms with E-state index in [-0.39, 0.29) is 17.7 Å². The van der Waals surface area contributed by atoms with Crippen molar-refractivity contribution in [1.29, 1.82) is 0 Å². The minimum Gasteiger partial charge on any atom is -0.478 e. The monoisotopic (exact) mass is 223 g/mol. The zero-order valence-corrected chi connectivity index (χ0v) is 8.27. The number of rotatable bonds is 2. The summed E-state index contributed by atoms with van der Waals surface area (Å²) in [5, 5.41) is 12.9. The van der Waals surface area contributed by atoms with Crippen LogP contribution in [0.3, 0.4) is 0 Å². The van der Waals surface area contributed by atoms with Gasteiger partial charge in [-0.05, 0) is 12.0 Å². The molecule has 1 aromatic rings. The molecule has 7 nitrogen and oxygen atoms in total. The lowest BCUT2D eigenvalue weighted by Gasteiger charge is -2.23. The van der Waals surface area contributed by atoms with Gasteiger partial charge in [0.1, 0.15) is 0 Å². The molecular weight excluding hydrogens is 214 g/mol. The predicted octanol–water partition coefficient (Wildman–Crippen LogP) is 0.113. The van der Waals surface area contributed by atoms with Gasteiger partial charge < -0.3 is 10.1 Å². The Bertz CT molecular complexity index is 508. The van der Waals surface area contributed by atoms with Crippen molar-refractivity contribution in [2.24, 2.45) is 5.29 Å². The summed E-state index contributed by atoms with van der Waals surface area (Å²) in [5.74, 6) is -1.12. The second-order valence-electron chi connectivity index (χ2n) is 3.51. The molecule has 7 heteroatoms. The third-order valence-electron chi connectivity index (χ3n) is 2.62. The summed E-state index contributed by atoms with van der Waals surface area (Å²) in [6.45, 7) is 0.410. The summed E-state index contributed by atoms with van der Waals surface area (Å²) in [7, 11) is 0. The number of hydrogen-bond donors (Lipinski definition) is 2. The molecule has 0 spiro atoms. The zero-order chi connectivity index (χ0) is 11.7. The van der Waals surface area contributed by atoms with Gasteiger partial charge in [-0.25, -0.2) is 4.79 Å². The van der Waals surface area contributed by atoms with Crippen LogP contribution in [0.1, 0.15) is 21.5 Å². The molecule has 1 aliphatic heterocycles. The van der Waals surface area contributed by atoms with Crippen LogP contribution in [-0.2, 0) is 13.0 Å². The van der Waals surface area contributed by atoms with E-state index < -0.39 is 5.97 Å². The minimum atomic E-state index is -1.12. The fourth-order valence-electron chi connectivity index (χ4n) is 1.82. The maximum absolute atomic E-state index is 11.5. The van der Waals surface area contributed by atoms with Crippen LogP contribution in [-0.4, -0.2) is 27.6 Å². The molecule has 0 atom stereocenters. The number of pyridine rings is 1. The highest BCUT2D eigenvalue weighted by Gasteiger charge is 2.23. The molecule has 16 heavy (non-hydrogen) atoms. The van der Waals surface area contributed by atoms with Crippen LogP contribution < -0.4 is 5.56 Å². The highest BCUT2D eigenvalue weighted by atomic mass is 16.4. The normalized spacial score (nSPS) is 14.4. The first-order valence-corrected chi connectivity index (χ1v) is 4.68. The summed E-state index contributed by atoms with van der Waals surface area (Å²) < 4.78 is 0. The molecule has 0 aliphatic carbocycles. The molecular formula is C9H9N3O4. The fraction of sp³-hybridized carbons (Fsp3) is 0.333. The van der Waals surface area contributed by atoms with E-state index in [1.54, 1.807) is 0 Å². The fourth-order valence-corrected chi connectivity index (χ4v) is 1.82. The Morgan fingerprint density at radius 1 is 1.50 bits per heavy atom. The van der Waals surface area contributed by atoms with Gasteiger partial charge in [-0.2, -0.15) is 0 Å². The number of carbonyl (C=O) groups is 1. The number of nitroso groups, excluding NO2 is 1. The van der Waals surface area contributed by atoms with Crippen molar-refractivity contribution >= 4 is 5.97 Å². The molecule has 0 unspecified atom stereocenters. The highest BCUT2D eigenvalue weighted by molar-refractivity contribution is 5.89. The lowest BCUT2D eigenvalue weighted by Crippen LogP contribution is -2.32. The maximum atomic E-state index is 11.5. The van der Waals surface area contributed by atoms with Gasteiger partial charge in [-0.3, -0.25) is 9.80 Å². The van der Waals surface area contributed by atoms with Crippen LogP contribution in [0, 0.1) is 4.91 Å². The first-order valence-electron chi connectivity index (χ1n) is 4.68. The smallest absolute Gasteiger partial charge is 0.337 e. The van der Waals surface area contributed by atoms with Gasteiger partial charge in [0, 0.05) is 18.3 Å². The van der Waals surface area contributed by atoms with Crippen molar-refractivity contribution in [3.63, 3.8) is 0 Å². The Hall–Kier alpha value is -2.18. The second-order valence-corrected chi connectivity index (χ2v) is 3.51. The molecule has 2 rings (SSSR count). The van der Waals surface area contributed by atoms with Crippen molar-refractivity contribution in [3.8, 4) is 0 Å². The van der Waals surface area contributed by atoms with Crippen LogP contribution in [0.25, 0.3) is 0 Å². The Kier molecular flexibility index (Phi) is 2.43. The Morgan fingerprint density at radius 3 is 2.88 bits per heavy atom. The summed E-state index contributed by atoms with van der Waals surface area (Å²) in [6, 6.07) is 0. The zero-order valence-electron chi connectivity index (χ0n) is 8.27. The van der Waals surface area contributed by atoms with Crippen molar-refractivity contribution < 1.29 is 9.90 Å². The Labute approximate surface area is 89.6 Å². The number of H-pyrrole nitrogens is 1. The summed E-state index contributed by atoms with van der Waals surface area (Å²) in [6.07, 6.45) is 1.48. The molecule has 0 bridgehead atoms. The van der Waals surface area contributed by atoms with Gasteiger partial charge in [0.15, 0.2) is 0 Å². The number of nitrogens with one attached hydrogen (secondary N) is 1. The molecule has 0 radical (unpaired) electrons. The third-order valence-corrected chi connectivity index (χ3v) is 2.62. The lowest BCUT2D eigenvalue weighted by atomic mass is 9.98. The number of fused-ring (bicyclic) bond motifs is 1. The van der Waals surface area contributed by atoms with Gasteiger partial charge in [0.2, 0.25) is 0 Å². The van der Waals surface area contributed by atoms with Crippen molar-refractivity contribution in [2.75, 3.05) is 6.54 Å². The summed E-state index contributed by atoms with van der Waals surface area (Å²) in [4.78, 5) is 35.1. The molecule has 0 saturated carbocycles. The van der Waals surface area contributed by atoms with Crippen molar-refractivity contribution in [3.05, 3.63) is 38.1 Å². The first-order chi connectivity index (χ1) is 7.63. The molecule has 0 fully saturated rings. The molecule has 84 valence electrons. The Morgan fingerprint density at radius 2 is 2.25 bits per heavy atom. The number of aromatic nitrogens is 1. The molecule has 0 aromatic carbocycles. The largest absolute Gasteiger partial charge is 0.478 e.